The Labute approximate surface area is 218 Å². The van der Waals surface area contributed by atoms with Crippen molar-refractivity contribution in [2.75, 3.05) is 24.7 Å². The highest BCUT2D eigenvalue weighted by molar-refractivity contribution is 7.99. The maximum absolute atomic E-state index is 12.7. The third kappa shape index (κ3) is 11.8. The zero-order valence-electron chi connectivity index (χ0n) is 22.4. The molecule has 6 heteroatoms. The molecular weight excluding hydrogens is 454 g/mol. The van der Waals surface area contributed by atoms with E-state index < -0.39 is 0 Å². The number of anilines is 1. The van der Waals surface area contributed by atoms with Crippen LogP contribution in [0.25, 0.3) is 0 Å². The van der Waals surface area contributed by atoms with Gasteiger partial charge < -0.3 is 10.6 Å². The van der Waals surface area contributed by atoms with Gasteiger partial charge in [0.05, 0.1) is 11.4 Å². The number of carbonyl (C=O) groups is 2. The number of benzene rings is 1. The van der Waals surface area contributed by atoms with Crippen molar-refractivity contribution in [2.24, 2.45) is 0 Å². The summed E-state index contributed by atoms with van der Waals surface area (Å²) in [6.45, 7) is 4.57. The van der Waals surface area contributed by atoms with Crippen molar-refractivity contribution >= 4 is 29.3 Å². The molecule has 2 atom stereocenters. The van der Waals surface area contributed by atoms with Gasteiger partial charge in [0, 0.05) is 24.9 Å². The molecule has 2 N–H and O–H groups in total. The van der Waals surface area contributed by atoms with Gasteiger partial charge in [0.15, 0.2) is 0 Å². The molecule has 1 unspecified atom stereocenters. The second-order valence-electron chi connectivity index (χ2n) is 10.1. The van der Waals surface area contributed by atoms with Crippen molar-refractivity contribution in [3.05, 3.63) is 29.8 Å². The summed E-state index contributed by atoms with van der Waals surface area (Å²) in [6, 6.07) is 7.83. The molecule has 1 fully saturated rings. The van der Waals surface area contributed by atoms with E-state index >= 15 is 0 Å². The molecule has 0 saturated carbocycles. The Bertz CT molecular complexity index is 725. The van der Waals surface area contributed by atoms with Crippen LogP contribution in [0.3, 0.4) is 0 Å². The van der Waals surface area contributed by atoms with Crippen LogP contribution >= 0.6 is 11.8 Å². The Morgan fingerprint density at radius 2 is 1.37 bits per heavy atom. The Balaban J connectivity index is 1.49. The number of amides is 2. The molecule has 1 aromatic carbocycles. The van der Waals surface area contributed by atoms with E-state index in [1.165, 1.54) is 90.4 Å². The van der Waals surface area contributed by atoms with E-state index in [1.54, 1.807) is 11.8 Å². The number of hydrogen-bond donors (Lipinski definition) is 2. The molecule has 1 aliphatic rings. The second-order valence-corrected chi connectivity index (χ2v) is 11.2. The van der Waals surface area contributed by atoms with Gasteiger partial charge in [0.25, 0.3) is 0 Å². The van der Waals surface area contributed by atoms with Crippen molar-refractivity contribution in [1.82, 2.24) is 10.2 Å². The Morgan fingerprint density at radius 1 is 0.857 bits per heavy atom. The minimum Gasteiger partial charge on any atom is -0.355 e. The van der Waals surface area contributed by atoms with E-state index in [4.69, 9.17) is 0 Å². The maximum Gasteiger partial charge on any atom is 0.238 e. The van der Waals surface area contributed by atoms with Gasteiger partial charge in [-0.2, -0.15) is 0 Å². The highest BCUT2D eigenvalue weighted by Gasteiger charge is 2.36. The smallest absolute Gasteiger partial charge is 0.238 e. The quantitative estimate of drug-likeness (QED) is 0.207. The Kier molecular flexibility index (Phi) is 15.1. The van der Waals surface area contributed by atoms with E-state index in [9.17, 15) is 9.59 Å². The van der Waals surface area contributed by atoms with E-state index in [0.717, 1.165) is 30.0 Å². The molecule has 35 heavy (non-hydrogen) atoms. The molecule has 2 rings (SSSR count). The predicted molar refractivity (Wildman–Crippen MR) is 151 cm³/mol. The highest BCUT2D eigenvalue weighted by atomic mass is 32.2. The number of nitrogens with zero attached hydrogens (tertiary/aromatic N) is 1. The van der Waals surface area contributed by atoms with E-state index in [-0.39, 0.29) is 23.2 Å². The lowest BCUT2D eigenvalue weighted by Gasteiger charge is -2.24. The van der Waals surface area contributed by atoms with Crippen LogP contribution in [-0.2, 0) is 9.59 Å². The summed E-state index contributed by atoms with van der Waals surface area (Å²) in [5.41, 5.74) is 1.96. The van der Waals surface area contributed by atoms with Gasteiger partial charge in [0.1, 0.15) is 0 Å². The third-order valence-corrected chi connectivity index (χ3v) is 8.35. The fourth-order valence-electron chi connectivity index (χ4n) is 4.76. The number of carbonyl (C=O) groups excluding carboxylic acids is 2. The van der Waals surface area contributed by atoms with Crippen molar-refractivity contribution in [2.45, 2.75) is 115 Å². The first-order valence-electron chi connectivity index (χ1n) is 14.0. The topological polar surface area (TPSA) is 61.4 Å². The summed E-state index contributed by atoms with van der Waals surface area (Å²) in [4.78, 5) is 26.1. The average molecular weight is 504 g/mol. The van der Waals surface area contributed by atoms with Crippen molar-refractivity contribution in [3.8, 4) is 0 Å². The maximum atomic E-state index is 12.7. The molecule has 0 aromatic heterocycles. The predicted octanol–water partition coefficient (Wildman–Crippen LogP) is 7.29. The Hall–Kier alpha value is -1.53. The summed E-state index contributed by atoms with van der Waals surface area (Å²) in [5.74, 6) is 0.881. The van der Waals surface area contributed by atoms with Crippen molar-refractivity contribution in [1.29, 1.82) is 0 Å². The van der Waals surface area contributed by atoms with Gasteiger partial charge in [-0.15, -0.1) is 11.8 Å². The molecular formula is C29H49N3O2S. The summed E-state index contributed by atoms with van der Waals surface area (Å²) >= 11 is 1.80. The molecule has 0 aliphatic carbocycles. The molecule has 0 radical (unpaired) electrons. The van der Waals surface area contributed by atoms with E-state index in [0.29, 0.717) is 0 Å². The van der Waals surface area contributed by atoms with Gasteiger partial charge in [-0.05, 0) is 31.2 Å². The first-order chi connectivity index (χ1) is 17.0. The normalized spacial score (nSPS) is 18.0. The molecule has 1 saturated heterocycles. The standard InChI is InChI=1S/C29H49N3O2S/c1-4-5-6-7-8-9-10-11-12-13-14-15-16-17-22-30-28(34)27-23-35-29(32(27)3)25-18-20-26(21-19-25)31-24(2)33/h18-21,27,29H,4-17,22-23H2,1-3H3,(H,30,34)(H,31,33)/t27-,29?/m0/s1. The fourth-order valence-corrected chi connectivity index (χ4v) is 6.24. The molecule has 2 amide bonds. The van der Waals surface area contributed by atoms with Crippen LogP contribution < -0.4 is 10.6 Å². The summed E-state index contributed by atoms with van der Waals surface area (Å²) in [6.07, 6.45) is 18.9. The zero-order valence-corrected chi connectivity index (χ0v) is 23.3. The third-order valence-electron chi connectivity index (χ3n) is 6.92. The van der Waals surface area contributed by atoms with Crippen LogP contribution in [0.15, 0.2) is 24.3 Å². The van der Waals surface area contributed by atoms with Crippen molar-refractivity contribution in [3.63, 3.8) is 0 Å². The second kappa shape index (κ2) is 17.8. The summed E-state index contributed by atoms with van der Waals surface area (Å²) in [5, 5.41) is 6.12. The van der Waals surface area contributed by atoms with Crippen LogP contribution in [0.4, 0.5) is 5.69 Å². The number of likely N-dealkylation sites (N-methyl/N-ethyl adjacent to an activating group) is 1. The summed E-state index contributed by atoms with van der Waals surface area (Å²) < 4.78 is 0. The molecule has 0 bridgehead atoms. The van der Waals surface area contributed by atoms with Crippen LogP contribution in [-0.4, -0.2) is 42.1 Å². The first-order valence-corrected chi connectivity index (χ1v) is 15.1. The van der Waals surface area contributed by atoms with Crippen LogP contribution in [0, 0.1) is 0 Å². The SMILES string of the molecule is CCCCCCCCCCCCCCCCNC(=O)[C@@H]1CSC(c2ccc(NC(C)=O)cc2)N1C. The number of nitrogens with one attached hydrogen (secondary N) is 2. The highest BCUT2D eigenvalue weighted by Crippen LogP contribution is 2.40. The lowest BCUT2D eigenvalue weighted by atomic mass is 10.0. The molecule has 1 heterocycles. The average Bonchev–Trinajstić information content (AvgIpc) is 3.23. The van der Waals surface area contributed by atoms with E-state index in [2.05, 4.69) is 22.5 Å². The molecule has 1 aliphatic heterocycles. The number of rotatable bonds is 18. The van der Waals surface area contributed by atoms with Gasteiger partial charge in [0.2, 0.25) is 11.8 Å². The summed E-state index contributed by atoms with van der Waals surface area (Å²) in [7, 11) is 2.03. The molecule has 1 aromatic rings. The van der Waals surface area contributed by atoms with Gasteiger partial charge >= 0.3 is 0 Å². The Morgan fingerprint density at radius 3 is 1.89 bits per heavy atom. The molecule has 5 nitrogen and oxygen atoms in total. The van der Waals surface area contributed by atoms with Gasteiger partial charge in [-0.1, -0.05) is 103 Å². The lowest BCUT2D eigenvalue weighted by molar-refractivity contribution is -0.125. The number of thioether (sulfide) groups is 1. The van der Waals surface area contributed by atoms with E-state index in [1.807, 2.05) is 31.3 Å². The molecule has 0 spiro atoms. The van der Waals surface area contributed by atoms with Crippen LogP contribution in [0.1, 0.15) is 115 Å². The zero-order chi connectivity index (χ0) is 25.3. The number of unbranched alkanes of at least 4 members (excludes halogenated alkanes) is 13. The monoisotopic (exact) mass is 503 g/mol. The fraction of sp³-hybridized carbons (Fsp3) is 0.724. The first kappa shape index (κ1) is 29.7. The number of hydrogen-bond acceptors (Lipinski definition) is 4. The van der Waals surface area contributed by atoms with Gasteiger partial charge in [-0.3, -0.25) is 14.5 Å². The molecule has 198 valence electrons. The van der Waals surface area contributed by atoms with Crippen LogP contribution in [0.5, 0.6) is 0 Å². The van der Waals surface area contributed by atoms with Crippen LogP contribution in [0.2, 0.25) is 0 Å². The van der Waals surface area contributed by atoms with Crippen molar-refractivity contribution < 1.29 is 9.59 Å². The van der Waals surface area contributed by atoms with Gasteiger partial charge in [-0.25, -0.2) is 0 Å². The largest absolute Gasteiger partial charge is 0.355 e. The lowest BCUT2D eigenvalue weighted by Crippen LogP contribution is -2.43. The minimum absolute atomic E-state index is 0.0688. The minimum atomic E-state index is -0.0911.